The SMILES string of the molecule is COC(=O)c1nc(-c2nc3oc2C24c5ccccc5NC2Oc2ccc(cc24)CC(NC(=O)[C@@H](O)C(C)C)C(=O)NC3=C(C)C)oc1C. The number of benzene rings is 2. The zero-order valence-electron chi connectivity index (χ0n) is 27.3. The zero-order chi connectivity index (χ0) is 34.1. The summed E-state index contributed by atoms with van der Waals surface area (Å²) >= 11 is 0. The number of carbonyl (C=O) groups excluding carboxylic acids is 3. The van der Waals surface area contributed by atoms with E-state index < -0.39 is 41.6 Å². The summed E-state index contributed by atoms with van der Waals surface area (Å²) < 4.78 is 24.3. The van der Waals surface area contributed by atoms with Crippen LogP contribution in [0.1, 0.15) is 72.3 Å². The van der Waals surface area contributed by atoms with Crippen LogP contribution >= 0.6 is 0 Å². The first kappa shape index (κ1) is 31.2. The van der Waals surface area contributed by atoms with Crippen molar-refractivity contribution >= 4 is 29.2 Å². The number of rotatable bonds is 5. The number of para-hydroxylation sites is 1. The lowest BCUT2D eigenvalue weighted by Gasteiger charge is -2.28. The summed E-state index contributed by atoms with van der Waals surface area (Å²) in [4.78, 5) is 48.9. The summed E-state index contributed by atoms with van der Waals surface area (Å²) in [5.74, 6) is -1.02. The van der Waals surface area contributed by atoms with Crippen molar-refractivity contribution < 1.29 is 37.8 Å². The first-order valence-electron chi connectivity index (χ1n) is 15.6. The van der Waals surface area contributed by atoms with Crippen LogP contribution in [0.5, 0.6) is 5.75 Å². The van der Waals surface area contributed by atoms with Crippen LogP contribution in [0.25, 0.3) is 17.3 Å². The highest BCUT2D eigenvalue weighted by Crippen LogP contribution is 2.59. The van der Waals surface area contributed by atoms with E-state index in [1.54, 1.807) is 34.6 Å². The Bertz CT molecular complexity index is 2020. The van der Waals surface area contributed by atoms with Gasteiger partial charge in [0.2, 0.25) is 23.6 Å². The van der Waals surface area contributed by atoms with Gasteiger partial charge in [0, 0.05) is 17.7 Å². The van der Waals surface area contributed by atoms with Crippen molar-refractivity contribution in [2.24, 2.45) is 5.92 Å². The standard InChI is InChI=1S/C35H35N5O8/c1-15(2)24-31-40-26(32-39-25(17(5)46-32)33(44)45-6)28(48-31)35-19-9-7-8-10-21(19)37-34(35)47-23-12-11-18(13-20(23)35)14-22(29(42)38-24)36-30(43)27(41)16(3)4/h7-13,16,22,27,34,37,41H,14H2,1-6H3,(H,36,43)(H,38,42)/t22?,27-,34?,35?/m0/s1. The molecule has 4 atom stereocenters. The number of nitrogens with zero attached hydrogens (tertiary/aromatic N) is 2. The Kier molecular flexibility index (Phi) is 7.39. The van der Waals surface area contributed by atoms with Crippen LogP contribution in [0.3, 0.4) is 0 Å². The molecule has 3 aliphatic heterocycles. The molecule has 0 saturated heterocycles. The molecule has 2 aromatic carbocycles. The predicted octanol–water partition coefficient (Wildman–Crippen LogP) is 3.83. The zero-order valence-corrected chi connectivity index (χ0v) is 27.3. The molecule has 248 valence electrons. The molecule has 13 nitrogen and oxygen atoms in total. The molecule has 2 amide bonds. The van der Waals surface area contributed by atoms with E-state index in [0.717, 1.165) is 22.4 Å². The topological polar surface area (TPSA) is 178 Å². The fourth-order valence-corrected chi connectivity index (χ4v) is 6.58. The maximum Gasteiger partial charge on any atom is 0.360 e. The number of ether oxygens (including phenoxy) is 2. The average molecular weight is 654 g/mol. The minimum absolute atomic E-state index is 0.0109. The highest BCUT2D eigenvalue weighted by atomic mass is 16.5. The van der Waals surface area contributed by atoms with Crippen molar-refractivity contribution in [1.82, 2.24) is 20.6 Å². The van der Waals surface area contributed by atoms with Crippen molar-refractivity contribution in [3.63, 3.8) is 0 Å². The Morgan fingerprint density at radius 1 is 1.08 bits per heavy atom. The van der Waals surface area contributed by atoms with Crippen LogP contribution in [0.2, 0.25) is 0 Å². The van der Waals surface area contributed by atoms with Gasteiger partial charge in [0.1, 0.15) is 34.8 Å². The summed E-state index contributed by atoms with van der Waals surface area (Å²) in [6.45, 7) is 8.62. The van der Waals surface area contributed by atoms with E-state index in [2.05, 4.69) is 20.9 Å². The average Bonchev–Trinajstić information content (AvgIpc) is 3.81. The molecule has 5 heterocycles. The first-order valence-corrected chi connectivity index (χ1v) is 15.6. The molecule has 48 heavy (non-hydrogen) atoms. The highest BCUT2D eigenvalue weighted by molar-refractivity contribution is 5.94. The third kappa shape index (κ3) is 4.67. The van der Waals surface area contributed by atoms with E-state index in [0.29, 0.717) is 17.1 Å². The van der Waals surface area contributed by atoms with Gasteiger partial charge in [-0.05, 0) is 55.5 Å². The molecule has 0 saturated carbocycles. The van der Waals surface area contributed by atoms with Crippen molar-refractivity contribution in [3.05, 3.63) is 87.8 Å². The van der Waals surface area contributed by atoms with Gasteiger partial charge in [-0.3, -0.25) is 9.59 Å². The van der Waals surface area contributed by atoms with Crippen molar-refractivity contribution in [1.29, 1.82) is 0 Å². The number of oxazole rings is 2. The number of anilines is 1. The largest absolute Gasteiger partial charge is 0.469 e. The molecule has 4 N–H and O–H groups in total. The van der Waals surface area contributed by atoms with Gasteiger partial charge in [-0.2, -0.15) is 0 Å². The third-order valence-corrected chi connectivity index (χ3v) is 9.04. The summed E-state index contributed by atoms with van der Waals surface area (Å²) in [5.41, 5.74) is 3.10. The van der Waals surface area contributed by atoms with E-state index in [4.69, 9.17) is 23.3 Å². The second-order valence-corrected chi connectivity index (χ2v) is 12.8. The molecular formula is C35H35N5O8. The summed E-state index contributed by atoms with van der Waals surface area (Å²) in [6, 6.07) is 12.3. The van der Waals surface area contributed by atoms with Crippen molar-refractivity contribution in [3.8, 4) is 17.3 Å². The molecular weight excluding hydrogens is 618 g/mol. The fourth-order valence-electron chi connectivity index (χ4n) is 6.58. The van der Waals surface area contributed by atoms with Crippen LogP contribution in [-0.4, -0.2) is 58.3 Å². The fraction of sp³-hybridized carbons (Fsp3) is 0.343. The third-order valence-electron chi connectivity index (χ3n) is 9.04. The van der Waals surface area contributed by atoms with Gasteiger partial charge < -0.3 is 39.4 Å². The number of esters is 1. The maximum absolute atomic E-state index is 14.0. The number of aryl methyl sites for hydroxylation is 1. The monoisotopic (exact) mass is 653 g/mol. The molecule has 4 aromatic rings. The van der Waals surface area contributed by atoms with Gasteiger partial charge in [0.25, 0.3) is 0 Å². The number of hydrogen-bond donors (Lipinski definition) is 4. The van der Waals surface area contributed by atoms with Gasteiger partial charge in [-0.15, -0.1) is 0 Å². The van der Waals surface area contributed by atoms with Crippen LogP contribution in [-0.2, 0) is 26.2 Å². The number of carbonyl (C=O) groups is 3. The van der Waals surface area contributed by atoms with E-state index >= 15 is 0 Å². The predicted molar refractivity (Wildman–Crippen MR) is 172 cm³/mol. The Hall–Kier alpha value is -5.43. The van der Waals surface area contributed by atoms with Crippen LogP contribution in [0.4, 0.5) is 5.69 Å². The minimum atomic E-state index is -1.31. The summed E-state index contributed by atoms with van der Waals surface area (Å²) in [6.07, 6.45) is -1.88. The molecule has 13 heteroatoms. The quantitative estimate of drug-likeness (QED) is 0.230. The second-order valence-electron chi connectivity index (χ2n) is 12.8. The first-order chi connectivity index (χ1) is 22.9. The Balaban J connectivity index is 1.50. The van der Waals surface area contributed by atoms with E-state index in [1.807, 2.05) is 42.5 Å². The number of allylic oxidation sites excluding steroid dienone is 1. The van der Waals surface area contributed by atoms with Gasteiger partial charge in [0.05, 0.1) is 7.11 Å². The van der Waals surface area contributed by atoms with Gasteiger partial charge in [0.15, 0.2) is 23.4 Å². The highest BCUT2D eigenvalue weighted by Gasteiger charge is 2.61. The van der Waals surface area contributed by atoms with E-state index in [9.17, 15) is 19.5 Å². The van der Waals surface area contributed by atoms with E-state index in [-0.39, 0.29) is 47.0 Å². The normalized spacial score (nSPS) is 21.2. The number of aliphatic hydroxyl groups is 1. The minimum Gasteiger partial charge on any atom is -0.469 e. The van der Waals surface area contributed by atoms with E-state index in [1.165, 1.54) is 7.11 Å². The number of aromatic nitrogens is 2. The molecule has 3 unspecified atom stereocenters. The Morgan fingerprint density at radius 3 is 2.58 bits per heavy atom. The Morgan fingerprint density at radius 2 is 1.85 bits per heavy atom. The number of nitrogens with one attached hydrogen (secondary N) is 3. The van der Waals surface area contributed by atoms with Crippen LogP contribution in [0, 0.1) is 12.8 Å². The summed E-state index contributed by atoms with van der Waals surface area (Å²) in [7, 11) is 1.26. The van der Waals surface area contributed by atoms with Crippen LogP contribution < -0.4 is 20.7 Å². The molecule has 0 radical (unpaired) electrons. The van der Waals surface area contributed by atoms with Crippen LogP contribution in [0.15, 0.2) is 56.9 Å². The maximum atomic E-state index is 14.0. The lowest BCUT2D eigenvalue weighted by Crippen LogP contribution is -2.51. The molecule has 2 aromatic heterocycles. The molecule has 0 aliphatic carbocycles. The van der Waals surface area contributed by atoms with Crippen molar-refractivity contribution in [2.45, 2.75) is 64.8 Å². The van der Waals surface area contributed by atoms with Gasteiger partial charge >= 0.3 is 5.97 Å². The smallest absolute Gasteiger partial charge is 0.360 e. The lowest BCUT2D eigenvalue weighted by atomic mass is 9.72. The van der Waals surface area contributed by atoms with Gasteiger partial charge in [-0.25, -0.2) is 14.8 Å². The molecule has 7 rings (SSSR count). The number of aliphatic hydroxyl groups excluding tert-OH is 1. The summed E-state index contributed by atoms with van der Waals surface area (Å²) in [5, 5.41) is 19.7. The lowest BCUT2D eigenvalue weighted by molar-refractivity contribution is -0.135. The number of fused-ring (bicyclic) bond motifs is 4. The number of hydrogen-bond acceptors (Lipinski definition) is 11. The number of methoxy groups -OCH3 is 1. The second kappa shape index (κ2) is 11.4. The molecule has 1 spiro atoms. The van der Waals surface area contributed by atoms with Gasteiger partial charge in [-0.1, -0.05) is 44.2 Å². The molecule has 0 fully saturated rings. The molecule has 4 bridgehead atoms. The molecule has 3 aliphatic rings. The van der Waals surface area contributed by atoms with Crippen molar-refractivity contribution in [2.75, 3.05) is 12.4 Å². The Labute approximate surface area is 275 Å². The number of amides is 2.